The molecule has 1 amide bonds. The summed E-state index contributed by atoms with van der Waals surface area (Å²) in [4.78, 5) is 12.1. The van der Waals surface area contributed by atoms with Gasteiger partial charge in [0.05, 0.1) is 5.41 Å². The summed E-state index contributed by atoms with van der Waals surface area (Å²) < 4.78 is 12.9. The minimum atomic E-state index is -0.656. The highest BCUT2D eigenvalue weighted by atomic mass is 19.1. The fourth-order valence-electron chi connectivity index (χ4n) is 1.69. The summed E-state index contributed by atoms with van der Waals surface area (Å²) in [6.07, 6.45) is 1.78. The molecule has 1 aromatic carbocycles. The molecule has 3 nitrogen and oxygen atoms in total. The number of hydrogen-bond donors (Lipinski definition) is 2. The van der Waals surface area contributed by atoms with Gasteiger partial charge in [-0.1, -0.05) is 12.1 Å². The van der Waals surface area contributed by atoms with Gasteiger partial charge in [0.15, 0.2) is 0 Å². The van der Waals surface area contributed by atoms with Gasteiger partial charge in [-0.25, -0.2) is 4.39 Å². The van der Waals surface area contributed by atoms with Crippen LogP contribution in [-0.2, 0) is 10.2 Å². The normalized spacial score (nSPS) is 11.3. The summed E-state index contributed by atoms with van der Waals surface area (Å²) in [6, 6.07) is 6.04. The second kappa shape index (κ2) is 6.50. The number of amides is 1. The first kappa shape index (κ1) is 14.6. The van der Waals surface area contributed by atoms with Crippen molar-refractivity contribution in [1.29, 1.82) is 0 Å². The Hall–Kier alpha value is -1.42. The summed E-state index contributed by atoms with van der Waals surface area (Å²) in [6.45, 7) is 4.93. The fraction of sp³-hybridized carbons (Fsp3) is 0.500. The largest absolute Gasteiger partial charge is 0.355 e. The number of carbonyl (C=O) groups excluding carboxylic acids is 1. The molecule has 0 aromatic heterocycles. The zero-order valence-electron chi connectivity index (χ0n) is 11.0. The van der Waals surface area contributed by atoms with E-state index in [0.717, 1.165) is 18.4 Å². The highest BCUT2D eigenvalue weighted by molar-refractivity contribution is 5.87. The highest BCUT2D eigenvalue weighted by Gasteiger charge is 2.29. The van der Waals surface area contributed by atoms with Crippen molar-refractivity contribution in [3.8, 4) is 0 Å². The number of hydrogen-bond acceptors (Lipinski definition) is 2. The van der Waals surface area contributed by atoms with Gasteiger partial charge >= 0.3 is 0 Å². The van der Waals surface area contributed by atoms with Gasteiger partial charge in [0.1, 0.15) is 5.82 Å². The van der Waals surface area contributed by atoms with Crippen LogP contribution in [0.25, 0.3) is 0 Å². The highest BCUT2D eigenvalue weighted by Crippen LogP contribution is 2.23. The number of carbonyl (C=O) groups is 1. The number of nitrogens with two attached hydrogens (primary N) is 1. The molecule has 0 saturated heterocycles. The van der Waals surface area contributed by atoms with E-state index >= 15 is 0 Å². The van der Waals surface area contributed by atoms with Crippen molar-refractivity contribution in [3.63, 3.8) is 0 Å². The molecule has 1 rings (SSSR count). The van der Waals surface area contributed by atoms with Crippen LogP contribution in [0.5, 0.6) is 0 Å². The summed E-state index contributed by atoms with van der Waals surface area (Å²) in [7, 11) is 0. The second-order valence-corrected chi connectivity index (χ2v) is 4.88. The number of nitrogens with one attached hydrogen (secondary N) is 1. The van der Waals surface area contributed by atoms with Gasteiger partial charge in [0.25, 0.3) is 0 Å². The van der Waals surface area contributed by atoms with E-state index in [2.05, 4.69) is 5.32 Å². The molecule has 0 aliphatic rings. The lowest BCUT2D eigenvalue weighted by atomic mass is 9.83. The van der Waals surface area contributed by atoms with E-state index in [0.29, 0.717) is 13.1 Å². The summed E-state index contributed by atoms with van der Waals surface area (Å²) >= 11 is 0. The maximum atomic E-state index is 12.9. The van der Waals surface area contributed by atoms with Crippen molar-refractivity contribution in [2.24, 2.45) is 5.73 Å². The molecule has 0 heterocycles. The minimum absolute atomic E-state index is 0.0499. The van der Waals surface area contributed by atoms with Crippen LogP contribution in [0, 0.1) is 5.82 Å². The Kier molecular flexibility index (Phi) is 5.28. The molecular weight excluding hydrogens is 231 g/mol. The first-order valence-corrected chi connectivity index (χ1v) is 6.23. The van der Waals surface area contributed by atoms with Crippen LogP contribution in [0.15, 0.2) is 24.3 Å². The average Bonchev–Trinajstić information content (AvgIpc) is 2.35. The van der Waals surface area contributed by atoms with E-state index in [1.807, 2.05) is 13.8 Å². The first-order chi connectivity index (χ1) is 8.48. The number of unbranched alkanes of at least 4 members (excludes halogenated alkanes) is 1. The van der Waals surface area contributed by atoms with Crippen LogP contribution < -0.4 is 11.1 Å². The summed E-state index contributed by atoms with van der Waals surface area (Å²) in [5.41, 5.74) is 5.54. The van der Waals surface area contributed by atoms with Gasteiger partial charge in [0, 0.05) is 6.54 Å². The molecule has 0 unspecified atom stereocenters. The molecule has 100 valence electrons. The van der Waals surface area contributed by atoms with Gasteiger partial charge in [-0.3, -0.25) is 4.79 Å². The van der Waals surface area contributed by atoms with Gasteiger partial charge in [-0.15, -0.1) is 0 Å². The summed E-state index contributed by atoms with van der Waals surface area (Å²) in [5, 5.41) is 2.88. The van der Waals surface area contributed by atoms with Gasteiger partial charge in [-0.2, -0.15) is 0 Å². The van der Waals surface area contributed by atoms with Gasteiger partial charge in [-0.05, 0) is 50.9 Å². The summed E-state index contributed by atoms with van der Waals surface area (Å²) in [5.74, 6) is -0.343. The first-order valence-electron chi connectivity index (χ1n) is 6.23. The zero-order valence-corrected chi connectivity index (χ0v) is 11.0. The van der Waals surface area contributed by atoms with E-state index in [4.69, 9.17) is 5.73 Å². The molecule has 0 aliphatic heterocycles. The molecule has 0 aliphatic carbocycles. The maximum absolute atomic E-state index is 12.9. The van der Waals surface area contributed by atoms with Crippen LogP contribution in [0.4, 0.5) is 4.39 Å². The Balaban J connectivity index is 2.61. The third-order valence-corrected chi connectivity index (χ3v) is 3.05. The molecule has 0 radical (unpaired) electrons. The number of halogens is 1. The van der Waals surface area contributed by atoms with Gasteiger partial charge < -0.3 is 11.1 Å². The van der Waals surface area contributed by atoms with E-state index in [1.165, 1.54) is 12.1 Å². The zero-order chi connectivity index (χ0) is 13.6. The smallest absolute Gasteiger partial charge is 0.230 e. The van der Waals surface area contributed by atoms with Crippen molar-refractivity contribution in [2.45, 2.75) is 32.1 Å². The molecule has 1 aromatic rings. The molecule has 0 atom stereocenters. The Morgan fingerprint density at radius 3 is 2.44 bits per heavy atom. The minimum Gasteiger partial charge on any atom is -0.355 e. The average molecular weight is 252 g/mol. The van der Waals surface area contributed by atoms with Crippen molar-refractivity contribution in [2.75, 3.05) is 13.1 Å². The van der Waals surface area contributed by atoms with E-state index < -0.39 is 5.41 Å². The van der Waals surface area contributed by atoms with Crippen LogP contribution >= 0.6 is 0 Å². The fourth-order valence-corrected chi connectivity index (χ4v) is 1.69. The maximum Gasteiger partial charge on any atom is 0.230 e. The predicted octanol–water partition coefficient (Wildman–Crippen LogP) is 1.96. The number of rotatable bonds is 6. The monoisotopic (exact) mass is 252 g/mol. The lowest BCUT2D eigenvalue weighted by Gasteiger charge is -2.24. The van der Waals surface area contributed by atoms with Crippen molar-refractivity contribution >= 4 is 5.91 Å². The Morgan fingerprint density at radius 2 is 1.89 bits per heavy atom. The van der Waals surface area contributed by atoms with Crippen molar-refractivity contribution in [3.05, 3.63) is 35.6 Å². The lowest BCUT2D eigenvalue weighted by molar-refractivity contribution is -0.125. The predicted molar refractivity (Wildman–Crippen MR) is 70.7 cm³/mol. The Morgan fingerprint density at radius 1 is 1.28 bits per heavy atom. The van der Waals surface area contributed by atoms with E-state index in [-0.39, 0.29) is 11.7 Å². The van der Waals surface area contributed by atoms with E-state index in [9.17, 15) is 9.18 Å². The molecule has 18 heavy (non-hydrogen) atoms. The Bertz CT molecular complexity index is 387. The van der Waals surface area contributed by atoms with Crippen molar-refractivity contribution in [1.82, 2.24) is 5.32 Å². The molecule has 0 fully saturated rings. The van der Waals surface area contributed by atoms with E-state index in [1.54, 1.807) is 12.1 Å². The third-order valence-electron chi connectivity index (χ3n) is 3.05. The standard InChI is InChI=1S/C14H21FN2O/c1-14(2,11-5-7-12(15)8-6-11)13(18)17-10-4-3-9-16/h5-8H,3-4,9-10,16H2,1-2H3,(H,17,18). The molecule has 3 N–H and O–H groups in total. The number of benzene rings is 1. The lowest BCUT2D eigenvalue weighted by Crippen LogP contribution is -2.40. The molecule has 0 saturated carbocycles. The van der Waals surface area contributed by atoms with Crippen molar-refractivity contribution < 1.29 is 9.18 Å². The second-order valence-electron chi connectivity index (χ2n) is 4.88. The molecule has 0 bridgehead atoms. The molecule has 0 spiro atoms. The quantitative estimate of drug-likeness (QED) is 0.760. The van der Waals surface area contributed by atoms with Crippen LogP contribution in [-0.4, -0.2) is 19.0 Å². The van der Waals surface area contributed by atoms with Crippen LogP contribution in [0.2, 0.25) is 0 Å². The third kappa shape index (κ3) is 3.81. The topological polar surface area (TPSA) is 55.1 Å². The van der Waals surface area contributed by atoms with Crippen LogP contribution in [0.1, 0.15) is 32.3 Å². The SMILES string of the molecule is CC(C)(C(=O)NCCCCN)c1ccc(F)cc1. The Labute approximate surface area is 108 Å². The molecule has 4 heteroatoms. The van der Waals surface area contributed by atoms with Crippen LogP contribution in [0.3, 0.4) is 0 Å². The molecular formula is C14H21FN2O. The van der Waals surface area contributed by atoms with Gasteiger partial charge in [0.2, 0.25) is 5.91 Å².